The molecular formula is C20H25N4S2+. The fourth-order valence-corrected chi connectivity index (χ4v) is 5.15. The van der Waals surface area contributed by atoms with E-state index in [9.17, 15) is 0 Å². The molecule has 1 unspecified atom stereocenters. The third-order valence-electron chi connectivity index (χ3n) is 5.42. The molecule has 0 fully saturated rings. The lowest BCUT2D eigenvalue weighted by Gasteiger charge is -2.31. The molecule has 1 N–H and O–H groups in total. The van der Waals surface area contributed by atoms with Crippen LogP contribution in [0.25, 0.3) is 0 Å². The number of benzene rings is 1. The van der Waals surface area contributed by atoms with E-state index >= 15 is 0 Å². The van der Waals surface area contributed by atoms with Gasteiger partial charge in [-0.05, 0) is 29.2 Å². The molecule has 0 saturated carbocycles. The van der Waals surface area contributed by atoms with Crippen molar-refractivity contribution < 1.29 is 4.90 Å². The summed E-state index contributed by atoms with van der Waals surface area (Å²) in [6.45, 7) is 4.28. The minimum Gasteiger partial charge on any atom is -0.310 e. The highest BCUT2D eigenvalue weighted by Crippen LogP contribution is 2.26. The predicted molar refractivity (Wildman–Crippen MR) is 108 cm³/mol. The number of nitrogens with zero attached hydrogens (tertiary/aromatic N) is 3. The molecule has 0 radical (unpaired) electrons. The van der Waals surface area contributed by atoms with Gasteiger partial charge in [-0.15, -0.1) is 11.3 Å². The van der Waals surface area contributed by atoms with Crippen molar-refractivity contribution in [1.29, 1.82) is 0 Å². The van der Waals surface area contributed by atoms with Gasteiger partial charge in [-0.2, -0.15) is 9.78 Å². The maximum absolute atomic E-state index is 5.69. The Morgan fingerprint density at radius 2 is 2.08 bits per heavy atom. The second kappa shape index (κ2) is 7.47. The first-order chi connectivity index (χ1) is 12.7. The number of rotatable bonds is 5. The minimum absolute atomic E-state index is 0.548. The maximum atomic E-state index is 5.69. The Labute approximate surface area is 163 Å². The number of thiophene rings is 1. The molecule has 3 heterocycles. The normalized spacial score (nSPS) is 19.5. The molecule has 4 nitrogen and oxygen atoms in total. The fraction of sp³-hybridized carbons (Fsp3) is 0.400. The van der Waals surface area contributed by atoms with Crippen molar-refractivity contribution in [3.8, 4) is 0 Å². The van der Waals surface area contributed by atoms with Gasteiger partial charge in [0.1, 0.15) is 11.9 Å². The molecular weight excluding hydrogens is 360 g/mol. The van der Waals surface area contributed by atoms with E-state index in [-0.39, 0.29) is 0 Å². The van der Waals surface area contributed by atoms with E-state index in [1.165, 1.54) is 11.1 Å². The molecule has 1 aromatic carbocycles. The van der Waals surface area contributed by atoms with E-state index < -0.39 is 0 Å². The van der Waals surface area contributed by atoms with Crippen molar-refractivity contribution in [2.24, 2.45) is 7.05 Å². The summed E-state index contributed by atoms with van der Waals surface area (Å²) in [5, 5.41) is 7.11. The van der Waals surface area contributed by atoms with Crippen molar-refractivity contribution in [2.75, 3.05) is 6.54 Å². The van der Waals surface area contributed by atoms with Crippen molar-refractivity contribution in [3.63, 3.8) is 0 Å². The Bertz CT molecular complexity index is 938. The highest BCUT2D eigenvalue weighted by molar-refractivity contribution is 7.71. The molecule has 0 aliphatic carbocycles. The van der Waals surface area contributed by atoms with Gasteiger partial charge in [0, 0.05) is 36.8 Å². The minimum atomic E-state index is 0.548. The number of nitrogens with one attached hydrogen (secondary N) is 1. The highest BCUT2D eigenvalue weighted by atomic mass is 32.1. The zero-order valence-electron chi connectivity index (χ0n) is 15.3. The van der Waals surface area contributed by atoms with Crippen LogP contribution in [0.1, 0.15) is 41.2 Å². The van der Waals surface area contributed by atoms with E-state index in [0.717, 1.165) is 43.1 Å². The second-order valence-corrected chi connectivity index (χ2v) is 8.36. The van der Waals surface area contributed by atoms with Crippen LogP contribution in [0.15, 0.2) is 41.8 Å². The quantitative estimate of drug-likeness (QED) is 0.683. The third kappa shape index (κ3) is 3.29. The van der Waals surface area contributed by atoms with Gasteiger partial charge in [0.05, 0.1) is 6.54 Å². The zero-order chi connectivity index (χ0) is 18.1. The van der Waals surface area contributed by atoms with Gasteiger partial charge in [0.25, 0.3) is 0 Å². The number of hydrogen-bond acceptors (Lipinski definition) is 3. The lowest BCUT2D eigenvalue weighted by atomic mass is 9.98. The molecule has 6 heteroatoms. The first kappa shape index (κ1) is 17.6. The Morgan fingerprint density at radius 1 is 1.27 bits per heavy atom. The summed E-state index contributed by atoms with van der Waals surface area (Å²) < 4.78 is 4.90. The van der Waals surface area contributed by atoms with E-state index in [0.29, 0.717) is 6.04 Å². The molecule has 2 aromatic heterocycles. The molecule has 3 aromatic rings. The van der Waals surface area contributed by atoms with Crippen LogP contribution in [0, 0.1) is 4.77 Å². The molecule has 0 bridgehead atoms. The average Bonchev–Trinajstić information content (AvgIpc) is 3.23. The first-order valence-corrected chi connectivity index (χ1v) is 10.5. The van der Waals surface area contributed by atoms with Crippen LogP contribution < -0.4 is 4.90 Å². The van der Waals surface area contributed by atoms with Crippen LogP contribution in [0.5, 0.6) is 0 Å². The summed E-state index contributed by atoms with van der Waals surface area (Å²) >= 11 is 7.59. The Hall–Kier alpha value is -1.76. The smallest absolute Gasteiger partial charge is 0.202 e. The largest absolute Gasteiger partial charge is 0.310 e. The standard InChI is InChI=1S/C20H24N4S2/c1-3-17-16-10-12-26-18(16)9-11-23(17)14-24-20(25)22(2)19(21-24)13-15-7-5-4-6-8-15/h4-8,10,12,17H,3,9,11,13-14H2,1-2H3/p+1/t17-/m0/s1. The number of quaternary nitrogens is 1. The Balaban J connectivity index is 1.57. The molecule has 0 amide bonds. The summed E-state index contributed by atoms with van der Waals surface area (Å²) in [6.07, 6.45) is 3.13. The number of fused-ring (bicyclic) bond motifs is 1. The topological polar surface area (TPSA) is 27.2 Å². The van der Waals surface area contributed by atoms with E-state index in [1.807, 2.05) is 29.1 Å². The van der Waals surface area contributed by atoms with Crippen LogP contribution in [-0.2, 0) is 26.6 Å². The summed E-state index contributed by atoms with van der Waals surface area (Å²) in [4.78, 5) is 3.13. The second-order valence-electron chi connectivity index (χ2n) is 7.00. The molecule has 0 saturated heterocycles. The van der Waals surface area contributed by atoms with Gasteiger partial charge >= 0.3 is 0 Å². The Morgan fingerprint density at radius 3 is 2.85 bits per heavy atom. The number of aromatic nitrogens is 3. The molecule has 1 aliphatic rings. The van der Waals surface area contributed by atoms with Gasteiger partial charge in [-0.1, -0.05) is 37.3 Å². The monoisotopic (exact) mass is 385 g/mol. The highest BCUT2D eigenvalue weighted by Gasteiger charge is 2.31. The van der Waals surface area contributed by atoms with Crippen molar-refractivity contribution in [1.82, 2.24) is 14.3 Å². The van der Waals surface area contributed by atoms with E-state index in [1.54, 1.807) is 9.78 Å². The van der Waals surface area contributed by atoms with Crippen LogP contribution in [-0.4, -0.2) is 20.9 Å². The van der Waals surface area contributed by atoms with Crippen molar-refractivity contribution in [2.45, 2.75) is 38.9 Å². The van der Waals surface area contributed by atoms with Gasteiger partial charge < -0.3 is 9.47 Å². The van der Waals surface area contributed by atoms with Crippen molar-refractivity contribution in [3.05, 3.63) is 68.4 Å². The molecule has 2 atom stereocenters. The van der Waals surface area contributed by atoms with Crippen LogP contribution >= 0.6 is 23.6 Å². The van der Waals surface area contributed by atoms with Gasteiger partial charge in [-0.25, -0.2) is 0 Å². The third-order valence-corrected chi connectivity index (χ3v) is 6.90. The summed E-state index contributed by atoms with van der Waals surface area (Å²) in [6, 6.07) is 13.3. The molecule has 0 spiro atoms. The van der Waals surface area contributed by atoms with Gasteiger partial charge in [0.2, 0.25) is 4.77 Å². The van der Waals surface area contributed by atoms with Crippen molar-refractivity contribution >= 4 is 23.6 Å². The molecule has 4 rings (SSSR count). The Kier molecular flexibility index (Phi) is 5.07. The summed E-state index contributed by atoms with van der Waals surface area (Å²) in [7, 11) is 2.03. The molecule has 1 aliphatic heterocycles. The van der Waals surface area contributed by atoms with Crippen LogP contribution in [0.4, 0.5) is 0 Å². The summed E-state index contributed by atoms with van der Waals surface area (Å²) in [5.41, 5.74) is 2.80. The first-order valence-electron chi connectivity index (χ1n) is 9.24. The lowest BCUT2D eigenvalue weighted by Crippen LogP contribution is -3.12. The zero-order valence-corrected chi connectivity index (χ0v) is 16.9. The van der Waals surface area contributed by atoms with Crippen LogP contribution in [0.3, 0.4) is 0 Å². The average molecular weight is 386 g/mol. The van der Waals surface area contributed by atoms with Crippen LogP contribution in [0.2, 0.25) is 0 Å². The van der Waals surface area contributed by atoms with E-state index in [2.05, 4.69) is 47.2 Å². The molecule has 136 valence electrons. The summed E-state index contributed by atoms with van der Waals surface area (Å²) in [5.74, 6) is 1.03. The van der Waals surface area contributed by atoms with Gasteiger partial charge in [0.15, 0.2) is 6.67 Å². The predicted octanol–water partition coefficient (Wildman–Crippen LogP) is 3.15. The fourth-order valence-electron chi connectivity index (χ4n) is 3.99. The van der Waals surface area contributed by atoms with E-state index in [4.69, 9.17) is 17.3 Å². The maximum Gasteiger partial charge on any atom is 0.202 e. The SMILES string of the molecule is CC[C@H]1c2ccsc2CC[NH+]1Cn1nc(Cc2ccccc2)n(C)c1=S. The van der Waals surface area contributed by atoms with Gasteiger partial charge in [-0.3, -0.25) is 0 Å². The number of hydrogen-bond donors (Lipinski definition) is 1. The lowest BCUT2D eigenvalue weighted by molar-refractivity contribution is -0.956. The molecule has 26 heavy (non-hydrogen) atoms.